The van der Waals surface area contributed by atoms with E-state index >= 15 is 0 Å². The number of likely N-dealkylation sites (tertiary alicyclic amines) is 1. The zero-order valence-corrected chi connectivity index (χ0v) is 19.0. The van der Waals surface area contributed by atoms with Crippen LogP contribution in [0.3, 0.4) is 0 Å². The van der Waals surface area contributed by atoms with E-state index in [9.17, 15) is 9.59 Å². The third kappa shape index (κ3) is 4.67. The summed E-state index contributed by atoms with van der Waals surface area (Å²) in [5, 5.41) is 9.50. The lowest BCUT2D eigenvalue weighted by molar-refractivity contribution is -0.127. The number of imide groups is 1. The molecule has 6 nitrogen and oxygen atoms in total. The molecule has 1 saturated heterocycles. The summed E-state index contributed by atoms with van der Waals surface area (Å²) in [6, 6.07) is 14.7. The van der Waals surface area contributed by atoms with Gasteiger partial charge in [-0.05, 0) is 50.1 Å². The molecule has 0 bridgehead atoms. The summed E-state index contributed by atoms with van der Waals surface area (Å²) in [6.07, 6.45) is 2.35. The number of nitrogens with zero attached hydrogens (tertiary/aromatic N) is 4. The van der Waals surface area contributed by atoms with E-state index in [-0.39, 0.29) is 17.1 Å². The molecule has 2 aromatic carbocycles. The van der Waals surface area contributed by atoms with Crippen LogP contribution in [-0.2, 0) is 11.8 Å². The number of amides is 2. The van der Waals surface area contributed by atoms with Gasteiger partial charge >= 0.3 is 0 Å². The van der Waals surface area contributed by atoms with E-state index in [2.05, 4.69) is 16.3 Å². The summed E-state index contributed by atoms with van der Waals surface area (Å²) in [7, 11) is 1.90. The lowest BCUT2D eigenvalue weighted by Gasteiger charge is -2.22. The number of benzene rings is 2. The molecule has 0 unspecified atom stereocenters. The second kappa shape index (κ2) is 9.24. The molecule has 160 valence electrons. The van der Waals surface area contributed by atoms with Crippen molar-refractivity contribution in [3.05, 3.63) is 64.7 Å². The minimum Gasteiger partial charge on any atom is -0.305 e. The smallest absolute Gasteiger partial charge is 0.260 e. The zero-order chi connectivity index (χ0) is 22.0. The quantitative estimate of drug-likeness (QED) is 0.532. The van der Waals surface area contributed by atoms with Gasteiger partial charge in [-0.3, -0.25) is 14.5 Å². The van der Waals surface area contributed by atoms with Gasteiger partial charge in [-0.15, -0.1) is 10.2 Å². The second-order valence-electron chi connectivity index (χ2n) is 7.64. The molecule has 4 rings (SSSR count). The Balaban J connectivity index is 1.55. The molecule has 8 heteroatoms. The van der Waals surface area contributed by atoms with Crippen molar-refractivity contribution in [2.24, 2.45) is 7.05 Å². The number of aromatic nitrogens is 3. The van der Waals surface area contributed by atoms with Gasteiger partial charge in [0.2, 0.25) is 5.91 Å². The highest BCUT2D eigenvalue weighted by Gasteiger charge is 2.33. The molecular formula is C23H23ClN4O2S. The maximum atomic E-state index is 13.3. The van der Waals surface area contributed by atoms with Gasteiger partial charge in [-0.25, -0.2) is 0 Å². The Hall–Kier alpha value is -2.64. The number of thioether (sulfide) groups is 1. The van der Waals surface area contributed by atoms with Gasteiger partial charge in [0.05, 0.1) is 5.25 Å². The van der Waals surface area contributed by atoms with Crippen LogP contribution in [0.15, 0.2) is 53.7 Å². The van der Waals surface area contributed by atoms with Crippen LogP contribution in [-0.4, -0.2) is 43.3 Å². The van der Waals surface area contributed by atoms with E-state index in [1.807, 2.05) is 36.7 Å². The van der Waals surface area contributed by atoms with Crippen LogP contribution in [0.25, 0.3) is 11.4 Å². The first-order chi connectivity index (χ1) is 14.9. The number of hydrogen-bond acceptors (Lipinski definition) is 5. The monoisotopic (exact) mass is 454 g/mol. The Bertz CT molecular complexity index is 1110. The number of aryl methyl sites for hydroxylation is 1. The first kappa shape index (κ1) is 21.6. The average Bonchev–Trinajstić information content (AvgIpc) is 3.02. The van der Waals surface area contributed by atoms with Gasteiger partial charge in [0.1, 0.15) is 0 Å². The Labute approximate surface area is 190 Å². The first-order valence-electron chi connectivity index (χ1n) is 10.2. The van der Waals surface area contributed by atoms with Crippen LogP contribution in [0.1, 0.15) is 35.2 Å². The molecule has 0 N–H and O–H groups in total. The normalized spacial score (nSPS) is 16.9. The fraction of sp³-hybridized carbons (Fsp3) is 0.304. The highest BCUT2D eigenvalue weighted by molar-refractivity contribution is 8.00. The van der Waals surface area contributed by atoms with Crippen molar-refractivity contribution >= 4 is 35.2 Å². The van der Waals surface area contributed by atoms with Gasteiger partial charge in [0.15, 0.2) is 11.0 Å². The summed E-state index contributed by atoms with van der Waals surface area (Å²) in [5.41, 5.74) is 2.59. The van der Waals surface area contributed by atoms with Crippen molar-refractivity contribution in [1.82, 2.24) is 19.7 Å². The second-order valence-corrected chi connectivity index (χ2v) is 9.25. The van der Waals surface area contributed by atoms with E-state index in [4.69, 9.17) is 11.6 Å². The molecule has 0 aliphatic carbocycles. The molecule has 1 fully saturated rings. The molecule has 3 aromatic rings. The minimum absolute atomic E-state index is 0.178. The van der Waals surface area contributed by atoms with E-state index in [1.54, 1.807) is 24.3 Å². The van der Waals surface area contributed by atoms with E-state index in [0.717, 1.165) is 29.8 Å². The standard InChI is InChI=1S/C23H23ClN4O2S/c1-15-6-5-7-17(14-15)20-25-26-23(27(20)2)31-19-8-3-4-13-28(22(19)30)21(29)16-9-11-18(24)12-10-16/h5-7,9-12,14,19H,3-4,8,13H2,1-2H3/t19-/m1/s1. The summed E-state index contributed by atoms with van der Waals surface area (Å²) in [5.74, 6) is 0.288. The molecule has 2 heterocycles. The maximum absolute atomic E-state index is 13.3. The third-order valence-corrected chi connectivity index (χ3v) is 6.87. The number of rotatable bonds is 4. The van der Waals surface area contributed by atoms with E-state index in [0.29, 0.717) is 28.7 Å². The third-order valence-electron chi connectivity index (χ3n) is 5.33. The topological polar surface area (TPSA) is 68.1 Å². The SMILES string of the molecule is Cc1cccc(-c2nnc(S[C@@H]3CCCCN(C(=O)c4ccc(Cl)cc4)C3=O)n2C)c1. The van der Waals surface area contributed by atoms with Crippen molar-refractivity contribution in [1.29, 1.82) is 0 Å². The predicted octanol–water partition coefficient (Wildman–Crippen LogP) is 4.76. The van der Waals surface area contributed by atoms with Crippen molar-refractivity contribution in [2.75, 3.05) is 6.54 Å². The van der Waals surface area contributed by atoms with E-state index < -0.39 is 0 Å². The molecule has 1 atom stereocenters. The summed E-state index contributed by atoms with van der Waals surface area (Å²) >= 11 is 7.31. The Morgan fingerprint density at radius 2 is 1.90 bits per heavy atom. The van der Waals surface area contributed by atoms with Crippen molar-refractivity contribution in [3.63, 3.8) is 0 Å². The Morgan fingerprint density at radius 1 is 1.13 bits per heavy atom. The zero-order valence-electron chi connectivity index (χ0n) is 17.4. The lowest BCUT2D eigenvalue weighted by Crippen LogP contribution is -2.41. The van der Waals surface area contributed by atoms with Crippen LogP contribution < -0.4 is 0 Å². The molecule has 1 aromatic heterocycles. The fourth-order valence-corrected chi connectivity index (χ4v) is 4.87. The highest BCUT2D eigenvalue weighted by Crippen LogP contribution is 2.31. The Kier molecular flexibility index (Phi) is 6.43. The minimum atomic E-state index is -0.382. The maximum Gasteiger partial charge on any atom is 0.260 e. The number of halogens is 1. The van der Waals surface area contributed by atoms with Crippen LogP contribution in [0.2, 0.25) is 5.02 Å². The number of carbonyl (C=O) groups excluding carboxylic acids is 2. The van der Waals surface area contributed by atoms with Gasteiger partial charge in [0, 0.05) is 29.7 Å². The largest absolute Gasteiger partial charge is 0.305 e. The number of carbonyl (C=O) groups is 2. The molecule has 0 spiro atoms. The van der Waals surface area contributed by atoms with Crippen LogP contribution in [0, 0.1) is 6.92 Å². The van der Waals surface area contributed by atoms with Crippen molar-refractivity contribution < 1.29 is 9.59 Å². The highest BCUT2D eigenvalue weighted by atomic mass is 35.5. The molecule has 1 aliphatic heterocycles. The van der Waals surface area contributed by atoms with Crippen LogP contribution in [0.4, 0.5) is 0 Å². The van der Waals surface area contributed by atoms with Crippen LogP contribution >= 0.6 is 23.4 Å². The van der Waals surface area contributed by atoms with Gasteiger partial charge in [-0.2, -0.15) is 0 Å². The average molecular weight is 455 g/mol. The summed E-state index contributed by atoms with van der Waals surface area (Å²) < 4.78 is 1.91. The molecule has 1 aliphatic rings. The number of hydrogen-bond donors (Lipinski definition) is 0. The summed E-state index contributed by atoms with van der Waals surface area (Å²) in [6.45, 7) is 2.46. The lowest BCUT2D eigenvalue weighted by atomic mass is 10.1. The molecule has 31 heavy (non-hydrogen) atoms. The molecule has 2 amide bonds. The fourth-order valence-electron chi connectivity index (χ4n) is 3.65. The Morgan fingerprint density at radius 3 is 2.65 bits per heavy atom. The molecule has 0 saturated carbocycles. The van der Waals surface area contributed by atoms with E-state index in [1.165, 1.54) is 16.7 Å². The van der Waals surface area contributed by atoms with Gasteiger partial charge in [-0.1, -0.05) is 53.5 Å². The molecular weight excluding hydrogens is 432 g/mol. The van der Waals surface area contributed by atoms with Crippen molar-refractivity contribution in [3.8, 4) is 11.4 Å². The van der Waals surface area contributed by atoms with Gasteiger partial charge < -0.3 is 4.57 Å². The van der Waals surface area contributed by atoms with Crippen molar-refractivity contribution in [2.45, 2.75) is 36.6 Å². The molecule has 0 radical (unpaired) electrons. The first-order valence-corrected chi connectivity index (χ1v) is 11.4. The predicted molar refractivity (Wildman–Crippen MR) is 122 cm³/mol. The summed E-state index contributed by atoms with van der Waals surface area (Å²) in [4.78, 5) is 27.6. The van der Waals surface area contributed by atoms with Gasteiger partial charge in [0.25, 0.3) is 5.91 Å². The van der Waals surface area contributed by atoms with Crippen LogP contribution in [0.5, 0.6) is 0 Å².